The van der Waals surface area contributed by atoms with Gasteiger partial charge in [0.25, 0.3) is 0 Å². The molecule has 3 heteroatoms. The summed E-state index contributed by atoms with van der Waals surface area (Å²) in [5.41, 5.74) is 0. The van der Waals surface area contributed by atoms with Crippen molar-refractivity contribution < 1.29 is 4.74 Å². The molecule has 1 atom stereocenters. The van der Waals surface area contributed by atoms with Crippen molar-refractivity contribution in [2.24, 2.45) is 0 Å². The lowest BCUT2D eigenvalue weighted by atomic mass is 10.0. The van der Waals surface area contributed by atoms with Crippen molar-refractivity contribution in [2.45, 2.75) is 25.3 Å². The van der Waals surface area contributed by atoms with Gasteiger partial charge in [-0.25, -0.2) is 0 Å². The van der Waals surface area contributed by atoms with E-state index in [2.05, 4.69) is 29.0 Å². The van der Waals surface area contributed by atoms with Crippen LogP contribution in [0.5, 0.6) is 0 Å². The van der Waals surface area contributed by atoms with Crippen molar-refractivity contribution in [3.63, 3.8) is 0 Å². The van der Waals surface area contributed by atoms with Crippen molar-refractivity contribution in [3.8, 4) is 0 Å². The molecule has 2 saturated heterocycles. The molecule has 1 radical (unpaired) electrons. The molecule has 2 aliphatic rings. The first-order valence-electron chi connectivity index (χ1n) is 7.05. The van der Waals surface area contributed by atoms with E-state index in [0.29, 0.717) is 6.04 Å². The molecule has 0 aromatic heterocycles. The number of rotatable bonds is 5. The maximum atomic E-state index is 5.42. The lowest BCUT2D eigenvalue weighted by molar-refractivity contribution is 0.0333. The Morgan fingerprint density at radius 2 is 2.17 bits per heavy atom. The van der Waals surface area contributed by atoms with Gasteiger partial charge in [-0.2, -0.15) is 0 Å². The first kappa shape index (κ1) is 13.8. The van der Waals surface area contributed by atoms with Crippen molar-refractivity contribution in [1.29, 1.82) is 0 Å². The smallest absolute Gasteiger partial charge is 0.0823 e. The Hall–Kier alpha value is -0.640. The molecule has 0 aromatic rings. The van der Waals surface area contributed by atoms with Gasteiger partial charge in [-0.3, -0.25) is 9.80 Å². The van der Waals surface area contributed by atoms with Gasteiger partial charge in [-0.15, -0.1) is 13.2 Å². The van der Waals surface area contributed by atoms with E-state index in [9.17, 15) is 0 Å². The number of hydrogen-bond acceptors (Lipinski definition) is 3. The lowest BCUT2D eigenvalue weighted by Crippen LogP contribution is -2.49. The number of hydrogen-bond donors (Lipinski definition) is 0. The molecule has 2 heterocycles. The van der Waals surface area contributed by atoms with Gasteiger partial charge >= 0.3 is 0 Å². The van der Waals surface area contributed by atoms with Gasteiger partial charge in [0.15, 0.2) is 0 Å². The molecule has 0 amide bonds. The third-order valence-corrected chi connectivity index (χ3v) is 3.90. The predicted octanol–water partition coefficient (Wildman–Crippen LogP) is 2.08. The molecule has 2 rings (SSSR count). The predicted molar refractivity (Wildman–Crippen MR) is 75.2 cm³/mol. The topological polar surface area (TPSA) is 15.7 Å². The highest BCUT2D eigenvalue weighted by Crippen LogP contribution is 2.24. The van der Waals surface area contributed by atoms with Gasteiger partial charge in [-0.05, 0) is 25.9 Å². The minimum Gasteiger partial charge on any atom is -0.379 e. The first-order chi connectivity index (χ1) is 8.86. The van der Waals surface area contributed by atoms with Crippen LogP contribution in [-0.4, -0.2) is 55.2 Å². The molecule has 2 fully saturated rings. The summed E-state index contributed by atoms with van der Waals surface area (Å²) in [5.74, 6) is 0. The second-order valence-electron chi connectivity index (χ2n) is 5.01. The molecule has 0 aliphatic carbocycles. The van der Waals surface area contributed by atoms with E-state index in [1.165, 1.54) is 38.4 Å². The van der Waals surface area contributed by atoms with Crippen LogP contribution in [-0.2, 0) is 4.74 Å². The highest BCUT2D eigenvalue weighted by molar-refractivity contribution is 5.19. The summed E-state index contributed by atoms with van der Waals surface area (Å²) in [6.07, 6.45) is 8.04. The SMILES string of the molecule is C=C[C](C(C=C)N1CCCC[14CH2]1)N1CCO[14CH2]C1. The molecule has 0 saturated carbocycles. The van der Waals surface area contributed by atoms with Gasteiger partial charge in [-0.1, -0.05) is 18.6 Å². The van der Waals surface area contributed by atoms with Crippen molar-refractivity contribution >= 4 is 0 Å². The highest BCUT2D eigenvalue weighted by Gasteiger charge is 2.30. The summed E-state index contributed by atoms with van der Waals surface area (Å²) >= 11 is 0. The van der Waals surface area contributed by atoms with Gasteiger partial charge in [0.2, 0.25) is 0 Å². The van der Waals surface area contributed by atoms with Crippen LogP contribution < -0.4 is 0 Å². The zero-order chi connectivity index (χ0) is 12.8. The van der Waals surface area contributed by atoms with Crippen LogP contribution in [0.4, 0.5) is 0 Å². The fraction of sp³-hybridized carbons (Fsp3) is 0.667. The van der Waals surface area contributed by atoms with Crippen molar-refractivity contribution in [2.75, 3.05) is 39.4 Å². The fourth-order valence-corrected chi connectivity index (χ4v) is 2.91. The molecular weight excluding hydrogens is 228 g/mol. The number of nitrogens with zero attached hydrogens (tertiary/aromatic N) is 2. The third kappa shape index (κ3) is 3.22. The Kier molecular flexibility index (Phi) is 5.42. The fourth-order valence-electron chi connectivity index (χ4n) is 2.91. The van der Waals surface area contributed by atoms with E-state index < -0.39 is 0 Å². The second kappa shape index (κ2) is 7.07. The maximum Gasteiger partial charge on any atom is 0.0823 e. The average Bonchev–Trinajstić information content (AvgIpc) is 2.46. The van der Waals surface area contributed by atoms with Gasteiger partial charge in [0, 0.05) is 13.1 Å². The van der Waals surface area contributed by atoms with E-state index in [0.717, 1.165) is 26.3 Å². The zero-order valence-electron chi connectivity index (χ0n) is 11.3. The molecule has 0 N–H and O–H groups in total. The normalized spacial score (nSPS) is 24.9. The largest absolute Gasteiger partial charge is 0.379 e. The summed E-state index contributed by atoms with van der Waals surface area (Å²) in [4.78, 5) is 4.93. The Morgan fingerprint density at radius 1 is 1.28 bits per heavy atom. The number of ether oxygens (including phenoxy) is 1. The maximum absolute atomic E-state index is 5.42. The monoisotopic (exact) mass is 253 g/mol. The molecule has 3 nitrogen and oxygen atoms in total. The summed E-state index contributed by atoms with van der Waals surface area (Å²) in [6.45, 7) is 14.0. The quantitative estimate of drug-likeness (QED) is 0.698. The Labute approximate surface area is 111 Å². The van der Waals surface area contributed by atoms with Gasteiger partial charge in [0.05, 0.1) is 25.3 Å². The van der Waals surface area contributed by atoms with Crippen LogP contribution in [0.2, 0.25) is 0 Å². The minimum atomic E-state index is 0.320. The summed E-state index contributed by atoms with van der Waals surface area (Å²) in [5, 5.41) is 0. The first-order valence-corrected chi connectivity index (χ1v) is 7.05. The van der Waals surface area contributed by atoms with E-state index in [1.807, 2.05) is 6.08 Å². The summed E-state index contributed by atoms with van der Waals surface area (Å²) in [7, 11) is 0. The van der Waals surface area contributed by atoms with Crippen molar-refractivity contribution in [3.05, 3.63) is 31.4 Å². The average molecular weight is 253 g/mol. The van der Waals surface area contributed by atoms with Crippen LogP contribution in [0.3, 0.4) is 0 Å². The summed E-state index contributed by atoms with van der Waals surface area (Å²) < 4.78 is 5.42. The molecule has 18 heavy (non-hydrogen) atoms. The minimum absolute atomic E-state index is 0.320. The van der Waals surface area contributed by atoms with Gasteiger partial charge < -0.3 is 4.74 Å². The van der Waals surface area contributed by atoms with Crippen LogP contribution in [0.25, 0.3) is 0 Å². The lowest BCUT2D eigenvalue weighted by Gasteiger charge is -2.41. The molecular formula is C15H25N2O. The number of morpholine rings is 1. The number of piperidine rings is 1. The second-order valence-corrected chi connectivity index (χ2v) is 5.01. The molecule has 0 bridgehead atoms. The Bertz CT molecular complexity index is 240. The zero-order valence-corrected chi connectivity index (χ0v) is 11.3. The van der Waals surface area contributed by atoms with Crippen LogP contribution in [0, 0.1) is 6.04 Å². The van der Waals surface area contributed by atoms with Crippen LogP contribution in [0.15, 0.2) is 25.3 Å². The van der Waals surface area contributed by atoms with E-state index in [4.69, 9.17) is 4.74 Å². The van der Waals surface area contributed by atoms with Crippen LogP contribution in [0.1, 0.15) is 19.3 Å². The summed E-state index contributed by atoms with van der Waals surface area (Å²) in [6, 6.07) is 1.62. The van der Waals surface area contributed by atoms with E-state index in [-0.39, 0.29) is 0 Å². The standard InChI is InChI=1S/C15H25N2O/c1-3-14(16-8-6-5-7-9-16)15(4-2)17-10-12-18-13-11-17/h3-4,14H,1-2,5-13H2/i8+2,12+2. The molecule has 101 valence electrons. The van der Waals surface area contributed by atoms with Crippen LogP contribution >= 0.6 is 0 Å². The third-order valence-electron chi connectivity index (χ3n) is 3.90. The van der Waals surface area contributed by atoms with Crippen molar-refractivity contribution in [1.82, 2.24) is 9.80 Å². The Balaban J connectivity index is 2.02. The molecule has 0 aromatic carbocycles. The van der Waals surface area contributed by atoms with Gasteiger partial charge in [0.1, 0.15) is 0 Å². The molecule has 2 aliphatic heterocycles. The Morgan fingerprint density at radius 3 is 2.72 bits per heavy atom. The number of likely N-dealkylation sites (tertiary alicyclic amines) is 1. The van der Waals surface area contributed by atoms with E-state index in [1.54, 1.807) is 0 Å². The molecule has 1 unspecified atom stereocenters. The highest BCUT2D eigenvalue weighted by atomic mass is 16.6. The van der Waals surface area contributed by atoms with E-state index >= 15 is 0 Å². The molecule has 0 spiro atoms.